The van der Waals surface area contributed by atoms with Crippen molar-refractivity contribution in [2.24, 2.45) is 0 Å². The normalized spacial score (nSPS) is 11.2. The van der Waals surface area contributed by atoms with Crippen LogP contribution in [0.4, 0.5) is 5.69 Å². The summed E-state index contributed by atoms with van der Waals surface area (Å²) in [6.07, 6.45) is 0.263. The van der Waals surface area contributed by atoms with Gasteiger partial charge in [-0.3, -0.25) is 9.52 Å². The average molecular weight is 338 g/mol. The van der Waals surface area contributed by atoms with Crippen LogP contribution in [0.25, 0.3) is 0 Å². The maximum Gasteiger partial charge on any atom is 0.261 e. The molecule has 0 saturated carbocycles. The second-order valence-electron chi connectivity index (χ2n) is 4.89. The van der Waals surface area contributed by atoms with Gasteiger partial charge in [0.05, 0.1) is 10.6 Å². The highest BCUT2D eigenvalue weighted by atomic mass is 35.5. The van der Waals surface area contributed by atoms with Crippen LogP contribution in [-0.2, 0) is 10.0 Å². The van der Waals surface area contributed by atoms with Crippen LogP contribution in [0.15, 0.2) is 47.4 Å². The summed E-state index contributed by atoms with van der Waals surface area (Å²) in [4.78, 5) is 12.1. The third kappa shape index (κ3) is 3.67. The zero-order valence-electron chi connectivity index (χ0n) is 12.3. The molecule has 0 aliphatic heterocycles. The number of carbonyl (C=O) groups is 1. The molecule has 0 fully saturated rings. The molecule has 0 atom stereocenters. The van der Waals surface area contributed by atoms with E-state index in [4.69, 9.17) is 11.6 Å². The zero-order valence-corrected chi connectivity index (χ0v) is 13.8. The van der Waals surface area contributed by atoms with Gasteiger partial charge in [0.2, 0.25) is 0 Å². The van der Waals surface area contributed by atoms with Crippen molar-refractivity contribution in [2.45, 2.75) is 25.2 Å². The summed E-state index contributed by atoms with van der Waals surface area (Å²) < 4.78 is 27.3. The average Bonchev–Trinajstić information content (AvgIpc) is 2.48. The first-order valence-electron chi connectivity index (χ1n) is 6.75. The summed E-state index contributed by atoms with van der Waals surface area (Å²) in [5.74, 6) is -0.177. The van der Waals surface area contributed by atoms with E-state index >= 15 is 0 Å². The van der Waals surface area contributed by atoms with Gasteiger partial charge < -0.3 is 0 Å². The Balaban J connectivity index is 2.41. The van der Waals surface area contributed by atoms with Gasteiger partial charge in [-0.25, -0.2) is 8.42 Å². The van der Waals surface area contributed by atoms with Crippen LogP contribution >= 0.6 is 11.6 Å². The van der Waals surface area contributed by atoms with Crippen molar-refractivity contribution in [1.29, 1.82) is 0 Å². The molecule has 0 bridgehead atoms. The molecule has 0 unspecified atom stereocenters. The molecule has 0 saturated heterocycles. The highest BCUT2D eigenvalue weighted by molar-refractivity contribution is 7.92. The van der Waals surface area contributed by atoms with Crippen molar-refractivity contribution in [3.63, 3.8) is 0 Å². The van der Waals surface area contributed by atoms with Crippen LogP contribution in [0.1, 0.15) is 29.3 Å². The SMILES string of the molecule is CCC(=O)c1cc(Cl)ccc1NS(=O)(=O)c1ccc(C)cc1. The van der Waals surface area contributed by atoms with Gasteiger partial charge in [-0.05, 0) is 37.3 Å². The molecule has 0 heterocycles. The van der Waals surface area contributed by atoms with Crippen LogP contribution in [0, 0.1) is 6.92 Å². The molecular formula is C16H16ClNO3S. The maximum absolute atomic E-state index is 12.4. The Morgan fingerprint density at radius 3 is 2.36 bits per heavy atom. The van der Waals surface area contributed by atoms with Gasteiger partial charge in [-0.15, -0.1) is 0 Å². The zero-order chi connectivity index (χ0) is 16.3. The van der Waals surface area contributed by atoms with Gasteiger partial charge in [0.25, 0.3) is 10.0 Å². The van der Waals surface area contributed by atoms with Gasteiger partial charge in [-0.1, -0.05) is 36.2 Å². The second kappa shape index (κ2) is 6.50. The van der Waals surface area contributed by atoms with E-state index in [-0.39, 0.29) is 28.4 Å². The monoisotopic (exact) mass is 337 g/mol. The Kier molecular flexibility index (Phi) is 4.88. The van der Waals surface area contributed by atoms with E-state index in [0.717, 1.165) is 5.56 Å². The number of rotatable bonds is 5. The van der Waals surface area contributed by atoms with Crippen LogP contribution in [0.2, 0.25) is 5.02 Å². The van der Waals surface area contributed by atoms with Crippen LogP contribution in [-0.4, -0.2) is 14.2 Å². The van der Waals surface area contributed by atoms with E-state index in [9.17, 15) is 13.2 Å². The number of hydrogen-bond donors (Lipinski definition) is 1. The van der Waals surface area contributed by atoms with E-state index in [1.807, 2.05) is 6.92 Å². The Hall–Kier alpha value is -1.85. The first kappa shape index (κ1) is 16.5. The first-order chi connectivity index (χ1) is 10.3. The lowest BCUT2D eigenvalue weighted by atomic mass is 10.1. The van der Waals surface area contributed by atoms with Crippen molar-refractivity contribution in [2.75, 3.05) is 4.72 Å². The molecule has 0 aromatic heterocycles. The Morgan fingerprint density at radius 2 is 1.77 bits per heavy atom. The second-order valence-corrected chi connectivity index (χ2v) is 7.00. The third-order valence-electron chi connectivity index (χ3n) is 3.18. The van der Waals surface area contributed by atoms with E-state index in [1.54, 1.807) is 25.1 Å². The number of hydrogen-bond acceptors (Lipinski definition) is 3. The number of ketones is 1. The number of sulfonamides is 1. The van der Waals surface area contributed by atoms with E-state index < -0.39 is 10.0 Å². The lowest BCUT2D eigenvalue weighted by Crippen LogP contribution is -2.15. The van der Waals surface area contributed by atoms with E-state index in [1.165, 1.54) is 24.3 Å². The highest BCUT2D eigenvalue weighted by Crippen LogP contribution is 2.25. The fourth-order valence-corrected chi connectivity index (χ4v) is 3.20. The molecule has 0 amide bonds. The predicted molar refractivity (Wildman–Crippen MR) is 88.1 cm³/mol. The molecule has 2 aromatic rings. The number of Topliss-reactive ketones (excluding diaryl/α,β-unsaturated/α-hetero) is 1. The van der Waals surface area contributed by atoms with E-state index in [0.29, 0.717) is 5.02 Å². The largest absolute Gasteiger partial charge is 0.294 e. The molecule has 1 N–H and O–H groups in total. The molecule has 4 nitrogen and oxygen atoms in total. The molecule has 0 spiro atoms. The lowest BCUT2D eigenvalue weighted by molar-refractivity contribution is 0.0989. The minimum absolute atomic E-state index is 0.142. The number of carbonyl (C=O) groups excluding carboxylic acids is 1. The molecule has 0 aliphatic rings. The molecule has 22 heavy (non-hydrogen) atoms. The fourth-order valence-electron chi connectivity index (χ4n) is 1.95. The lowest BCUT2D eigenvalue weighted by Gasteiger charge is -2.12. The summed E-state index contributed by atoms with van der Waals surface area (Å²) in [5, 5.41) is 0.384. The van der Waals surface area contributed by atoms with Gasteiger partial charge in [0.15, 0.2) is 5.78 Å². The molecule has 2 rings (SSSR count). The van der Waals surface area contributed by atoms with Crippen LogP contribution in [0.5, 0.6) is 0 Å². The Bertz CT molecular complexity index is 799. The van der Waals surface area contributed by atoms with Crippen molar-refractivity contribution < 1.29 is 13.2 Å². The third-order valence-corrected chi connectivity index (χ3v) is 4.80. The summed E-state index contributed by atoms with van der Waals surface area (Å²) in [6.45, 7) is 3.59. The molecule has 116 valence electrons. The predicted octanol–water partition coefficient (Wildman–Crippen LogP) is 4.04. The standard InChI is InChI=1S/C16H16ClNO3S/c1-3-16(19)14-10-12(17)6-9-15(14)18-22(20,21)13-7-4-11(2)5-8-13/h4-10,18H,3H2,1-2H3. The minimum atomic E-state index is -3.75. The number of nitrogens with one attached hydrogen (secondary N) is 1. The maximum atomic E-state index is 12.4. The molecule has 2 aromatic carbocycles. The highest BCUT2D eigenvalue weighted by Gasteiger charge is 2.18. The number of aryl methyl sites for hydroxylation is 1. The minimum Gasteiger partial charge on any atom is -0.294 e. The van der Waals surface area contributed by atoms with Gasteiger partial charge in [-0.2, -0.15) is 0 Å². The number of benzene rings is 2. The Morgan fingerprint density at radius 1 is 1.14 bits per heavy atom. The quantitative estimate of drug-likeness (QED) is 0.837. The Labute approximate surface area is 135 Å². The number of halogens is 1. The van der Waals surface area contributed by atoms with Gasteiger partial charge >= 0.3 is 0 Å². The fraction of sp³-hybridized carbons (Fsp3) is 0.188. The topological polar surface area (TPSA) is 63.2 Å². The molecule has 0 radical (unpaired) electrons. The smallest absolute Gasteiger partial charge is 0.261 e. The summed E-state index contributed by atoms with van der Waals surface area (Å²) in [6, 6.07) is 11.0. The van der Waals surface area contributed by atoms with E-state index in [2.05, 4.69) is 4.72 Å². The summed E-state index contributed by atoms with van der Waals surface area (Å²) in [7, 11) is -3.75. The van der Waals surface area contributed by atoms with Crippen molar-refractivity contribution in [3.8, 4) is 0 Å². The first-order valence-corrected chi connectivity index (χ1v) is 8.62. The molecular weight excluding hydrogens is 322 g/mol. The van der Waals surface area contributed by atoms with Crippen molar-refractivity contribution >= 4 is 33.1 Å². The van der Waals surface area contributed by atoms with Gasteiger partial charge in [0.1, 0.15) is 0 Å². The van der Waals surface area contributed by atoms with Crippen LogP contribution in [0.3, 0.4) is 0 Å². The van der Waals surface area contributed by atoms with Crippen molar-refractivity contribution in [3.05, 3.63) is 58.6 Å². The number of anilines is 1. The van der Waals surface area contributed by atoms with Crippen LogP contribution < -0.4 is 4.72 Å². The molecule has 6 heteroatoms. The summed E-state index contributed by atoms with van der Waals surface area (Å²) in [5.41, 5.74) is 1.47. The van der Waals surface area contributed by atoms with Crippen molar-refractivity contribution in [1.82, 2.24) is 0 Å². The molecule has 0 aliphatic carbocycles. The summed E-state index contributed by atoms with van der Waals surface area (Å²) >= 11 is 5.89. The van der Waals surface area contributed by atoms with Gasteiger partial charge in [0, 0.05) is 17.0 Å².